The van der Waals surface area contributed by atoms with Crippen molar-refractivity contribution in [1.29, 1.82) is 0 Å². The average Bonchev–Trinajstić information content (AvgIpc) is 2.22. The van der Waals surface area contributed by atoms with Gasteiger partial charge in [-0.05, 0) is 37.5 Å². The molecular weight excluding hydrogens is 252 g/mol. The van der Waals surface area contributed by atoms with Gasteiger partial charge in [-0.25, -0.2) is 0 Å². The molecule has 0 aliphatic heterocycles. The molecule has 2 heteroatoms. The third-order valence-electron chi connectivity index (χ3n) is 2.30. The van der Waals surface area contributed by atoms with Crippen molar-refractivity contribution in [1.82, 2.24) is 0 Å². The SMILES string of the molecule is CC#CCCC(O)c1ccc(C)c(Br)c1. The molecular formula is C13H15BrO. The molecule has 1 rings (SSSR count). The molecule has 1 atom stereocenters. The number of hydrogen-bond acceptors (Lipinski definition) is 1. The van der Waals surface area contributed by atoms with Crippen LogP contribution in [0.2, 0.25) is 0 Å². The first kappa shape index (κ1) is 12.3. The van der Waals surface area contributed by atoms with Crippen molar-refractivity contribution in [3.05, 3.63) is 33.8 Å². The number of halogens is 1. The maximum Gasteiger partial charge on any atom is 0.0799 e. The van der Waals surface area contributed by atoms with Crippen LogP contribution >= 0.6 is 15.9 Å². The van der Waals surface area contributed by atoms with E-state index in [0.717, 1.165) is 16.5 Å². The van der Waals surface area contributed by atoms with E-state index < -0.39 is 6.10 Å². The first-order chi connectivity index (χ1) is 7.15. The van der Waals surface area contributed by atoms with Crippen LogP contribution in [0.15, 0.2) is 22.7 Å². The Labute approximate surface area is 99.6 Å². The molecule has 0 aromatic heterocycles. The zero-order chi connectivity index (χ0) is 11.3. The van der Waals surface area contributed by atoms with Crippen molar-refractivity contribution in [2.24, 2.45) is 0 Å². The van der Waals surface area contributed by atoms with Crippen LogP contribution in [0.25, 0.3) is 0 Å². The second-order valence-corrected chi connectivity index (χ2v) is 4.34. The lowest BCUT2D eigenvalue weighted by molar-refractivity contribution is 0.169. The van der Waals surface area contributed by atoms with E-state index in [9.17, 15) is 5.11 Å². The molecule has 0 saturated carbocycles. The zero-order valence-electron chi connectivity index (χ0n) is 9.05. The van der Waals surface area contributed by atoms with Gasteiger partial charge in [-0.2, -0.15) is 0 Å². The van der Waals surface area contributed by atoms with E-state index in [2.05, 4.69) is 27.8 Å². The predicted octanol–water partition coefficient (Wildman–Crippen LogP) is 3.59. The normalized spacial score (nSPS) is 11.7. The van der Waals surface area contributed by atoms with Crippen molar-refractivity contribution >= 4 is 15.9 Å². The van der Waals surface area contributed by atoms with Gasteiger partial charge in [0, 0.05) is 10.9 Å². The molecule has 15 heavy (non-hydrogen) atoms. The maximum atomic E-state index is 9.87. The second-order valence-electron chi connectivity index (χ2n) is 3.49. The summed E-state index contributed by atoms with van der Waals surface area (Å²) < 4.78 is 1.04. The molecule has 1 N–H and O–H groups in total. The van der Waals surface area contributed by atoms with Gasteiger partial charge in [-0.3, -0.25) is 0 Å². The van der Waals surface area contributed by atoms with Crippen LogP contribution in [-0.2, 0) is 0 Å². The van der Waals surface area contributed by atoms with Gasteiger partial charge < -0.3 is 5.11 Å². The molecule has 0 spiro atoms. The molecule has 1 aromatic rings. The van der Waals surface area contributed by atoms with Gasteiger partial charge in [0.1, 0.15) is 0 Å². The van der Waals surface area contributed by atoms with Gasteiger partial charge >= 0.3 is 0 Å². The molecule has 1 aromatic carbocycles. The van der Waals surface area contributed by atoms with Crippen molar-refractivity contribution < 1.29 is 5.11 Å². The number of aryl methyl sites for hydroxylation is 1. The van der Waals surface area contributed by atoms with E-state index in [4.69, 9.17) is 0 Å². The second kappa shape index (κ2) is 5.95. The van der Waals surface area contributed by atoms with Crippen molar-refractivity contribution in [2.45, 2.75) is 32.8 Å². The van der Waals surface area contributed by atoms with Gasteiger partial charge in [-0.1, -0.05) is 28.1 Å². The first-order valence-electron chi connectivity index (χ1n) is 4.99. The molecule has 1 unspecified atom stereocenters. The Hall–Kier alpha value is -0.780. The van der Waals surface area contributed by atoms with Crippen molar-refractivity contribution in [3.63, 3.8) is 0 Å². The summed E-state index contributed by atoms with van der Waals surface area (Å²) in [6.45, 7) is 3.84. The fraction of sp³-hybridized carbons (Fsp3) is 0.385. The highest BCUT2D eigenvalue weighted by molar-refractivity contribution is 9.10. The molecule has 1 nitrogen and oxygen atoms in total. The molecule has 0 fully saturated rings. The average molecular weight is 267 g/mol. The Kier molecular flexibility index (Phi) is 4.87. The van der Waals surface area contributed by atoms with Gasteiger partial charge in [0.2, 0.25) is 0 Å². The standard InChI is InChI=1S/C13H15BrO/c1-3-4-5-6-13(15)11-8-7-10(2)12(14)9-11/h7-9,13,15H,5-6H2,1-2H3. The molecule has 0 aliphatic carbocycles. The number of rotatable bonds is 3. The smallest absolute Gasteiger partial charge is 0.0799 e. The first-order valence-corrected chi connectivity index (χ1v) is 5.78. The predicted molar refractivity (Wildman–Crippen MR) is 66.5 cm³/mol. The van der Waals surface area contributed by atoms with E-state index in [-0.39, 0.29) is 0 Å². The lowest BCUT2D eigenvalue weighted by atomic mass is 10.0. The number of benzene rings is 1. The minimum atomic E-state index is -0.414. The van der Waals surface area contributed by atoms with Gasteiger partial charge in [0.15, 0.2) is 0 Å². The number of aliphatic hydroxyl groups is 1. The molecule has 0 aliphatic rings. The quantitative estimate of drug-likeness (QED) is 0.830. The minimum Gasteiger partial charge on any atom is -0.388 e. The summed E-state index contributed by atoms with van der Waals surface area (Å²) in [4.78, 5) is 0. The van der Waals surface area contributed by atoms with E-state index in [1.54, 1.807) is 0 Å². The van der Waals surface area contributed by atoms with Crippen LogP contribution in [0, 0.1) is 18.8 Å². The van der Waals surface area contributed by atoms with E-state index in [1.807, 2.05) is 32.0 Å². The van der Waals surface area contributed by atoms with Crippen LogP contribution < -0.4 is 0 Å². The Bertz CT molecular complexity index is 387. The third kappa shape index (κ3) is 3.70. The molecule has 0 amide bonds. The summed E-state index contributed by atoms with van der Waals surface area (Å²) in [6.07, 6.45) is 1.02. The summed E-state index contributed by atoms with van der Waals surface area (Å²) in [5.41, 5.74) is 2.13. The highest BCUT2D eigenvalue weighted by Crippen LogP contribution is 2.24. The fourth-order valence-electron chi connectivity index (χ4n) is 1.32. The summed E-state index contributed by atoms with van der Waals surface area (Å²) in [6, 6.07) is 5.94. The Morgan fingerprint density at radius 3 is 2.80 bits per heavy atom. The summed E-state index contributed by atoms with van der Waals surface area (Å²) in [5.74, 6) is 5.78. The van der Waals surface area contributed by atoms with Crippen LogP contribution in [0.5, 0.6) is 0 Å². The topological polar surface area (TPSA) is 20.2 Å². The fourth-order valence-corrected chi connectivity index (χ4v) is 1.71. The van der Waals surface area contributed by atoms with Crippen molar-refractivity contribution in [2.75, 3.05) is 0 Å². The van der Waals surface area contributed by atoms with E-state index in [1.165, 1.54) is 5.56 Å². The Balaban J connectivity index is 2.68. The number of hydrogen-bond donors (Lipinski definition) is 1. The Morgan fingerprint density at radius 2 is 2.20 bits per heavy atom. The van der Waals surface area contributed by atoms with Crippen LogP contribution in [0.4, 0.5) is 0 Å². The largest absolute Gasteiger partial charge is 0.388 e. The monoisotopic (exact) mass is 266 g/mol. The molecule has 80 valence electrons. The highest BCUT2D eigenvalue weighted by atomic mass is 79.9. The summed E-state index contributed by atoms with van der Waals surface area (Å²) in [5, 5.41) is 9.87. The lowest BCUT2D eigenvalue weighted by Crippen LogP contribution is -1.97. The van der Waals surface area contributed by atoms with Gasteiger partial charge in [0.05, 0.1) is 6.10 Å². The zero-order valence-corrected chi connectivity index (χ0v) is 10.6. The maximum absolute atomic E-state index is 9.87. The highest BCUT2D eigenvalue weighted by Gasteiger charge is 2.07. The Morgan fingerprint density at radius 1 is 1.47 bits per heavy atom. The molecule has 0 heterocycles. The summed E-state index contributed by atoms with van der Waals surface area (Å²) in [7, 11) is 0. The molecule has 0 bridgehead atoms. The molecule has 0 saturated heterocycles. The van der Waals surface area contributed by atoms with E-state index in [0.29, 0.717) is 6.42 Å². The van der Waals surface area contributed by atoms with Crippen LogP contribution in [-0.4, -0.2) is 5.11 Å². The summed E-state index contributed by atoms with van der Waals surface area (Å²) >= 11 is 3.46. The minimum absolute atomic E-state index is 0.414. The van der Waals surface area contributed by atoms with Crippen molar-refractivity contribution in [3.8, 4) is 11.8 Å². The number of aliphatic hydroxyl groups excluding tert-OH is 1. The van der Waals surface area contributed by atoms with Crippen LogP contribution in [0.1, 0.15) is 37.0 Å². The third-order valence-corrected chi connectivity index (χ3v) is 3.15. The molecule has 0 radical (unpaired) electrons. The van der Waals surface area contributed by atoms with Gasteiger partial charge in [-0.15, -0.1) is 11.8 Å². The van der Waals surface area contributed by atoms with Crippen LogP contribution in [0.3, 0.4) is 0 Å². The van der Waals surface area contributed by atoms with Gasteiger partial charge in [0.25, 0.3) is 0 Å². The van der Waals surface area contributed by atoms with E-state index >= 15 is 0 Å². The lowest BCUT2D eigenvalue weighted by Gasteiger charge is -2.10.